The Kier molecular flexibility index (Phi) is 6.14. The minimum atomic E-state index is -0.671. The molecule has 2 N–H and O–H groups in total. The topological polar surface area (TPSA) is 85.2 Å². The maximum Gasteiger partial charge on any atom is 0.413 e. The fraction of sp³-hybridized carbons (Fsp3) is 0.0870. The number of aromatic nitrogens is 2. The van der Waals surface area contributed by atoms with E-state index < -0.39 is 12.1 Å². The van der Waals surface area contributed by atoms with Gasteiger partial charge in [-0.25, -0.2) is 9.59 Å². The van der Waals surface area contributed by atoms with Gasteiger partial charge in [0.15, 0.2) is 5.82 Å². The normalized spacial score (nSPS) is 10.6. The average molecular weight is 435 g/mol. The van der Waals surface area contributed by atoms with Crippen LogP contribution in [-0.2, 0) is 17.9 Å². The van der Waals surface area contributed by atoms with E-state index in [9.17, 15) is 9.59 Å². The lowest BCUT2D eigenvalue weighted by atomic mass is 10.2. The molecule has 2 amide bonds. The maximum absolute atomic E-state index is 12.8. The second-order valence-electron chi connectivity index (χ2n) is 6.75. The maximum atomic E-state index is 12.8. The summed E-state index contributed by atoms with van der Waals surface area (Å²) in [6.45, 7) is 0.457. The fourth-order valence-corrected chi connectivity index (χ4v) is 3.21. The van der Waals surface area contributed by atoms with E-state index >= 15 is 0 Å². The number of rotatable bonds is 5. The van der Waals surface area contributed by atoms with E-state index in [0.29, 0.717) is 22.5 Å². The van der Waals surface area contributed by atoms with Gasteiger partial charge in [-0.2, -0.15) is 4.68 Å². The Morgan fingerprint density at radius 1 is 0.935 bits per heavy atom. The van der Waals surface area contributed by atoms with Crippen LogP contribution in [0, 0.1) is 0 Å². The first kappa shape index (κ1) is 20.4. The van der Waals surface area contributed by atoms with Crippen LogP contribution in [0.15, 0.2) is 78.9 Å². The van der Waals surface area contributed by atoms with E-state index in [1.54, 1.807) is 18.2 Å². The first-order valence-corrected chi connectivity index (χ1v) is 9.96. The van der Waals surface area contributed by atoms with Gasteiger partial charge in [0.25, 0.3) is 0 Å². The van der Waals surface area contributed by atoms with Gasteiger partial charge in [-0.3, -0.25) is 5.32 Å². The molecule has 0 aliphatic rings. The van der Waals surface area contributed by atoms with Crippen molar-refractivity contribution in [2.45, 2.75) is 13.2 Å². The zero-order valence-electron chi connectivity index (χ0n) is 16.4. The zero-order chi connectivity index (χ0) is 21.6. The van der Waals surface area contributed by atoms with Crippen LogP contribution in [0.5, 0.6) is 0 Å². The predicted molar refractivity (Wildman–Crippen MR) is 119 cm³/mol. The summed E-state index contributed by atoms with van der Waals surface area (Å²) in [5, 5.41) is 10.7. The molecule has 0 fully saturated rings. The average Bonchev–Trinajstić information content (AvgIpc) is 3.14. The van der Waals surface area contributed by atoms with Crippen molar-refractivity contribution in [2.75, 3.05) is 5.32 Å². The molecular formula is C23H19ClN4O3. The van der Waals surface area contributed by atoms with Crippen molar-refractivity contribution in [3.05, 3.63) is 95.0 Å². The second kappa shape index (κ2) is 9.32. The van der Waals surface area contributed by atoms with Gasteiger partial charge < -0.3 is 10.1 Å². The molecule has 0 spiro atoms. The van der Waals surface area contributed by atoms with Gasteiger partial charge in [0.05, 0.1) is 5.52 Å². The number of benzene rings is 3. The van der Waals surface area contributed by atoms with Crippen LogP contribution in [0.2, 0.25) is 5.02 Å². The molecule has 3 aromatic carbocycles. The largest absolute Gasteiger partial charge is 0.444 e. The van der Waals surface area contributed by atoms with Gasteiger partial charge in [-0.1, -0.05) is 72.3 Å². The first-order valence-electron chi connectivity index (χ1n) is 9.58. The molecule has 7 nitrogen and oxygen atoms in total. The number of nitrogens with zero attached hydrogens (tertiary/aromatic N) is 2. The molecule has 8 heteroatoms. The molecule has 0 saturated heterocycles. The number of amides is 2. The van der Waals surface area contributed by atoms with E-state index in [4.69, 9.17) is 16.3 Å². The summed E-state index contributed by atoms with van der Waals surface area (Å²) in [6.07, 6.45) is -0.671. The smallest absolute Gasteiger partial charge is 0.413 e. The number of anilines is 1. The van der Waals surface area contributed by atoms with E-state index in [1.807, 2.05) is 60.7 Å². The number of hydrogen-bond donors (Lipinski definition) is 2. The van der Waals surface area contributed by atoms with Crippen molar-refractivity contribution in [2.24, 2.45) is 0 Å². The fourth-order valence-electron chi connectivity index (χ4n) is 3.04. The van der Waals surface area contributed by atoms with Crippen LogP contribution in [-0.4, -0.2) is 21.9 Å². The molecule has 1 heterocycles. The molecule has 0 unspecified atom stereocenters. The zero-order valence-corrected chi connectivity index (χ0v) is 17.2. The summed E-state index contributed by atoms with van der Waals surface area (Å²) in [5.74, 6) is 0.208. The van der Waals surface area contributed by atoms with Crippen LogP contribution in [0.1, 0.15) is 11.1 Å². The molecule has 1 aromatic heterocycles. The Hall–Kier alpha value is -3.84. The Balaban J connectivity index is 1.51. The molecular weight excluding hydrogens is 416 g/mol. The SMILES string of the molecule is O=C(Nc1nn(C(=O)NCc2ccccc2)c2cc(Cl)ccc12)OCc1ccccc1. The molecule has 31 heavy (non-hydrogen) atoms. The van der Waals surface area contributed by atoms with Crippen molar-refractivity contribution in [1.29, 1.82) is 0 Å². The molecule has 4 rings (SSSR count). The number of nitrogens with one attached hydrogen (secondary N) is 2. The summed E-state index contributed by atoms with van der Waals surface area (Å²) in [7, 11) is 0. The van der Waals surface area contributed by atoms with Gasteiger partial charge in [-0.05, 0) is 29.3 Å². The molecule has 156 valence electrons. The van der Waals surface area contributed by atoms with E-state index in [2.05, 4.69) is 15.7 Å². The molecule has 0 saturated carbocycles. The summed E-state index contributed by atoms with van der Waals surface area (Å²) >= 11 is 6.12. The first-order chi connectivity index (χ1) is 15.1. The number of carbonyl (C=O) groups excluding carboxylic acids is 2. The van der Waals surface area contributed by atoms with Gasteiger partial charge in [-0.15, -0.1) is 5.10 Å². The lowest BCUT2D eigenvalue weighted by Gasteiger charge is -2.06. The summed E-state index contributed by atoms with van der Waals surface area (Å²) in [6, 6.07) is 23.4. The van der Waals surface area contributed by atoms with Gasteiger partial charge in [0, 0.05) is 17.0 Å². The van der Waals surface area contributed by atoms with Crippen LogP contribution < -0.4 is 10.6 Å². The van der Waals surface area contributed by atoms with E-state index in [1.165, 1.54) is 4.68 Å². The third-order valence-corrected chi connectivity index (χ3v) is 4.79. The summed E-state index contributed by atoms with van der Waals surface area (Å²) < 4.78 is 6.43. The monoisotopic (exact) mass is 434 g/mol. The Labute approximate surface area is 183 Å². The molecule has 0 aliphatic carbocycles. The van der Waals surface area contributed by atoms with Crippen molar-refractivity contribution in [3.63, 3.8) is 0 Å². The predicted octanol–water partition coefficient (Wildman–Crippen LogP) is 5.20. The van der Waals surface area contributed by atoms with Gasteiger partial charge in [0.1, 0.15) is 6.61 Å². The van der Waals surface area contributed by atoms with Crippen LogP contribution in [0.3, 0.4) is 0 Å². The van der Waals surface area contributed by atoms with Crippen molar-refractivity contribution < 1.29 is 14.3 Å². The van der Waals surface area contributed by atoms with Crippen LogP contribution in [0.4, 0.5) is 15.4 Å². The standard InChI is InChI=1S/C23H19ClN4O3/c24-18-11-12-19-20(13-18)28(22(29)25-14-16-7-3-1-4-8-16)27-21(19)26-23(30)31-15-17-9-5-2-6-10-17/h1-13H,14-15H2,(H,25,29)(H,26,27,30). The minimum Gasteiger partial charge on any atom is -0.444 e. The van der Waals surface area contributed by atoms with Crippen molar-refractivity contribution in [1.82, 2.24) is 15.1 Å². The second-order valence-corrected chi connectivity index (χ2v) is 7.19. The highest BCUT2D eigenvalue weighted by Gasteiger charge is 2.18. The van der Waals surface area contributed by atoms with Gasteiger partial charge >= 0.3 is 12.1 Å². The number of carbonyl (C=O) groups is 2. The lowest BCUT2D eigenvalue weighted by molar-refractivity contribution is 0.155. The highest BCUT2D eigenvalue weighted by Crippen LogP contribution is 2.26. The number of fused-ring (bicyclic) bond motifs is 1. The summed E-state index contributed by atoms with van der Waals surface area (Å²) in [5.41, 5.74) is 2.28. The molecule has 0 radical (unpaired) electrons. The third-order valence-electron chi connectivity index (χ3n) is 4.56. The highest BCUT2D eigenvalue weighted by atomic mass is 35.5. The molecule has 0 atom stereocenters. The van der Waals surface area contributed by atoms with E-state index in [-0.39, 0.29) is 12.4 Å². The minimum absolute atomic E-state index is 0.120. The highest BCUT2D eigenvalue weighted by molar-refractivity contribution is 6.31. The molecule has 4 aromatic rings. The lowest BCUT2D eigenvalue weighted by Crippen LogP contribution is -2.29. The van der Waals surface area contributed by atoms with Crippen molar-refractivity contribution in [3.8, 4) is 0 Å². The molecule has 0 bridgehead atoms. The third kappa shape index (κ3) is 5.02. The summed E-state index contributed by atoms with van der Waals surface area (Å²) in [4.78, 5) is 25.0. The number of ether oxygens (including phenoxy) is 1. The van der Waals surface area contributed by atoms with Crippen molar-refractivity contribution >= 4 is 40.4 Å². The Morgan fingerprint density at radius 2 is 1.61 bits per heavy atom. The molecule has 0 aliphatic heterocycles. The van der Waals surface area contributed by atoms with Crippen LogP contribution >= 0.6 is 11.6 Å². The Bertz CT molecular complexity index is 1210. The van der Waals surface area contributed by atoms with E-state index in [0.717, 1.165) is 11.1 Å². The number of halogens is 1. The number of hydrogen-bond acceptors (Lipinski definition) is 4. The quantitative estimate of drug-likeness (QED) is 0.452. The van der Waals surface area contributed by atoms with Gasteiger partial charge in [0.2, 0.25) is 0 Å². The van der Waals surface area contributed by atoms with Crippen LogP contribution in [0.25, 0.3) is 10.9 Å². The Morgan fingerprint density at radius 3 is 2.32 bits per heavy atom.